The number of carbonyl (C=O) groups excluding carboxylic acids is 1. The van der Waals surface area contributed by atoms with Crippen molar-refractivity contribution in [1.82, 2.24) is 4.31 Å². The zero-order valence-corrected chi connectivity index (χ0v) is 13.2. The highest BCUT2D eigenvalue weighted by atomic mass is 32.2. The highest BCUT2D eigenvalue weighted by molar-refractivity contribution is 7.89. The molecule has 1 aromatic rings. The van der Waals surface area contributed by atoms with E-state index in [1.54, 1.807) is 19.9 Å². The molecule has 0 unspecified atom stereocenters. The highest BCUT2D eigenvalue weighted by Crippen LogP contribution is 2.22. The molecule has 0 amide bonds. The van der Waals surface area contributed by atoms with Gasteiger partial charge in [0.2, 0.25) is 10.0 Å². The fourth-order valence-corrected chi connectivity index (χ4v) is 3.48. The molecule has 0 heterocycles. The quantitative estimate of drug-likeness (QED) is 0.710. The Morgan fingerprint density at radius 3 is 2.64 bits per heavy atom. The van der Waals surface area contributed by atoms with Crippen LogP contribution < -0.4 is 0 Å². The van der Waals surface area contributed by atoms with Crippen LogP contribution >= 0.6 is 0 Å². The Hall–Kier alpha value is -1.98. The Morgan fingerprint density at radius 1 is 1.41 bits per heavy atom. The minimum Gasteiger partial charge on any atom is -0.465 e. The molecule has 1 aromatic carbocycles. The fourth-order valence-electron chi connectivity index (χ4n) is 1.85. The lowest BCUT2D eigenvalue weighted by molar-refractivity contribution is -0.143. The minimum atomic E-state index is -4.17. The van der Waals surface area contributed by atoms with Gasteiger partial charge in [-0.3, -0.25) is 4.79 Å². The summed E-state index contributed by atoms with van der Waals surface area (Å²) >= 11 is 0. The van der Waals surface area contributed by atoms with Crippen LogP contribution in [0.2, 0.25) is 0 Å². The first kappa shape index (κ1) is 18.1. The van der Waals surface area contributed by atoms with Crippen molar-refractivity contribution in [2.45, 2.75) is 25.2 Å². The zero-order valence-electron chi connectivity index (χ0n) is 12.4. The molecule has 0 atom stereocenters. The van der Waals surface area contributed by atoms with E-state index in [4.69, 9.17) is 10.00 Å². The number of hydrogen-bond acceptors (Lipinski definition) is 5. The van der Waals surface area contributed by atoms with Gasteiger partial charge in [-0.2, -0.15) is 9.57 Å². The molecule has 0 spiro atoms. The predicted octanol–water partition coefficient (Wildman–Crippen LogP) is 1.66. The first-order valence-electron chi connectivity index (χ1n) is 6.72. The summed E-state index contributed by atoms with van der Waals surface area (Å²) < 4.78 is 44.4. The second kappa shape index (κ2) is 7.87. The second-order valence-corrected chi connectivity index (χ2v) is 6.27. The number of nitrogens with zero attached hydrogens (tertiary/aromatic N) is 2. The average molecular weight is 328 g/mol. The Kier molecular flexibility index (Phi) is 6.46. The lowest BCUT2D eigenvalue weighted by Gasteiger charge is -2.21. The summed E-state index contributed by atoms with van der Waals surface area (Å²) in [6.07, 6.45) is 0.454. The van der Waals surface area contributed by atoms with Crippen molar-refractivity contribution in [3.05, 3.63) is 29.6 Å². The molecule has 0 aliphatic rings. The van der Waals surface area contributed by atoms with E-state index in [0.717, 1.165) is 16.4 Å². The first-order valence-corrected chi connectivity index (χ1v) is 8.16. The maximum Gasteiger partial charge on any atom is 0.321 e. The highest BCUT2D eigenvalue weighted by Gasteiger charge is 2.29. The number of halogens is 1. The van der Waals surface area contributed by atoms with Crippen molar-refractivity contribution >= 4 is 16.0 Å². The monoisotopic (exact) mass is 328 g/mol. The number of benzene rings is 1. The van der Waals surface area contributed by atoms with E-state index in [2.05, 4.69) is 0 Å². The minimum absolute atomic E-state index is 0.0581. The predicted molar refractivity (Wildman–Crippen MR) is 76.8 cm³/mol. The Balaban J connectivity index is 3.26. The first-order chi connectivity index (χ1) is 10.4. The molecule has 0 aliphatic carbocycles. The number of rotatable bonds is 7. The van der Waals surface area contributed by atoms with Gasteiger partial charge in [0.15, 0.2) is 0 Å². The number of ether oxygens (including phenoxy) is 1. The molecule has 8 heteroatoms. The van der Waals surface area contributed by atoms with Gasteiger partial charge in [0.05, 0.1) is 6.61 Å². The van der Waals surface area contributed by atoms with Gasteiger partial charge in [-0.15, -0.1) is 0 Å². The van der Waals surface area contributed by atoms with Gasteiger partial charge < -0.3 is 4.74 Å². The van der Waals surface area contributed by atoms with Gasteiger partial charge in [-0.05, 0) is 25.5 Å². The molecule has 0 saturated carbocycles. The van der Waals surface area contributed by atoms with Crippen LogP contribution in [0.25, 0.3) is 0 Å². The summed E-state index contributed by atoms with van der Waals surface area (Å²) in [6.45, 7) is 3.05. The molecule has 0 aromatic heterocycles. The van der Waals surface area contributed by atoms with Crippen LogP contribution in [0.4, 0.5) is 4.39 Å². The number of sulfonamides is 1. The van der Waals surface area contributed by atoms with Crippen LogP contribution in [0.1, 0.15) is 25.8 Å². The fraction of sp³-hybridized carbons (Fsp3) is 0.429. The summed E-state index contributed by atoms with van der Waals surface area (Å²) in [6, 6.07) is 4.90. The number of nitriles is 1. The van der Waals surface area contributed by atoms with Crippen LogP contribution in [-0.2, 0) is 19.6 Å². The van der Waals surface area contributed by atoms with E-state index in [1.807, 2.05) is 0 Å². The van der Waals surface area contributed by atoms with Crippen molar-refractivity contribution in [3.63, 3.8) is 0 Å². The maximum absolute atomic E-state index is 13.6. The molecule has 6 nitrogen and oxygen atoms in total. The third kappa shape index (κ3) is 4.02. The number of hydrogen-bond donors (Lipinski definition) is 0. The summed E-state index contributed by atoms with van der Waals surface area (Å²) in [5.41, 5.74) is -0.563. The molecular weight excluding hydrogens is 311 g/mol. The third-order valence-corrected chi connectivity index (χ3v) is 4.68. The zero-order chi connectivity index (χ0) is 16.8. The lowest BCUT2D eigenvalue weighted by atomic mass is 10.2. The van der Waals surface area contributed by atoms with Crippen LogP contribution in [0, 0.1) is 17.1 Å². The van der Waals surface area contributed by atoms with E-state index in [0.29, 0.717) is 6.42 Å². The van der Waals surface area contributed by atoms with Gasteiger partial charge in [0.25, 0.3) is 0 Å². The topological polar surface area (TPSA) is 87.5 Å². The summed E-state index contributed by atoms with van der Waals surface area (Å²) in [7, 11) is -4.17. The molecule has 0 radical (unpaired) electrons. The molecular formula is C14H17FN2O4S. The molecule has 1 rings (SSSR count). The van der Waals surface area contributed by atoms with Crippen molar-refractivity contribution < 1.29 is 22.3 Å². The van der Waals surface area contributed by atoms with Crippen LogP contribution in [-0.4, -0.2) is 38.4 Å². The van der Waals surface area contributed by atoms with E-state index < -0.39 is 38.8 Å². The van der Waals surface area contributed by atoms with Crippen molar-refractivity contribution in [1.29, 1.82) is 5.26 Å². The van der Waals surface area contributed by atoms with Gasteiger partial charge in [-0.1, -0.05) is 13.0 Å². The van der Waals surface area contributed by atoms with Crippen LogP contribution in [0.3, 0.4) is 0 Å². The molecule has 22 heavy (non-hydrogen) atoms. The molecule has 0 saturated heterocycles. The smallest absolute Gasteiger partial charge is 0.321 e. The van der Waals surface area contributed by atoms with Crippen molar-refractivity contribution in [3.8, 4) is 6.07 Å². The molecule has 0 N–H and O–H groups in total. The number of carbonyl (C=O) groups is 1. The van der Waals surface area contributed by atoms with Gasteiger partial charge in [0.1, 0.15) is 28.9 Å². The standard InChI is InChI=1S/C14H17FN2O4S/c1-3-8-17(10-14(18)21-4-2)22(19,20)13-7-5-6-12(15)11(13)9-16/h5-7H,3-4,8,10H2,1-2H3. The van der Waals surface area contributed by atoms with Crippen LogP contribution in [0.5, 0.6) is 0 Å². The second-order valence-electron chi connectivity index (χ2n) is 4.37. The summed E-state index contributed by atoms with van der Waals surface area (Å²) in [4.78, 5) is 11.1. The average Bonchev–Trinajstić information content (AvgIpc) is 2.46. The summed E-state index contributed by atoms with van der Waals surface area (Å²) in [5.74, 6) is -1.62. The Morgan fingerprint density at radius 2 is 2.09 bits per heavy atom. The van der Waals surface area contributed by atoms with Gasteiger partial charge in [0, 0.05) is 6.54 Å². The maximum atomic E-state index is 13.6. The molecule has 0 bridgehead atoms. The third-order valence-electron chi connectivity index (χ3n) is 2.79. The number of esters is 1. The van der Waals surface area contributed by atoms with Crippen molar-refractivity contribution in [2.75, 3.05) is 19.7 Å². The molecule has 120 valence electrons. The van der Waals surface area contributed by atoms with E-state index in [9.17, 15) is 17.6 Å². The van der Waals surface area contributed by atoms with E-state index in [-0.39, 0.29) is 13.2 Å². The lowest BCUT2D eigenvalue weighted by Crippen LogP contribution is -2.37. The van der Waals surface area contributed by atoms with E-state index in [1.165, 1.54) is 6.07 Å². The Bertz CT molecular complexity index is 683. The molecule has 0 aliphatic heterocycles. The Labute approximate surface area is 129 Å². The summed E-state index contributed by atoms with van der Waals surface area (Å²) in [5, 5.41) is 8.98. The normalized spacial score (nSPS) is 11.2. The van der Waals surface area contributed by atoms with Gasteiger partial charge in [-0.25, -0.2) is 12.8 Å². The molecule has 0 fully saturated rings. The van der Waals surface area contributed by atoms with Crippen molar-refractivity contribution in [2.24, 2.45) is 0 Å². The van der Waals surface area contributed by atoms with Gasteiger partial charge >= 0.3 is 5.97 Å². The van der Waals surface area contributed by atoms with Crippen LogP contribution in [0.15, 0.2) is 23.1 Å². The van der Waals surface area contributed by atoms with E-state index >= 15 is 0 Å². The SMILES string of the molecule is CCCN(CC(=O)OCC)S(=O)(=O)c1cccc(F)c1C#N. The largest absolute Gasteiger partial charge is 0.465 e.